The largest absolute Gasteiger partial charge is 0.508 e. The van der Waals surface area contributed by atoms with E-state index in [4.69, 9.17) is 18.9 Å². The molecule has 3 aromatic heterocycles. The van der Waals surface area contributed by atoms with Crippen molar-refractivity contribution in [3.05, 3.63) is 94.2 Å². The summed E-state index contributed by atoms with van der Waals surface area (Å²) in [6, 6.07) is 12.4. The zero-order valence-corrected chi connectivity index (χ0v) is 36.7. The summed E-state index contributed by atoms with van der Waals surface area (Å²) < 4.78 is 15.7. The Morgan fingerprint density at radius 3 is 2.56 bits per heavy atom. The van der Waals surface area contributed by atoms with E-state index in [1.54, 1.807) is 13.0 Å². The lowest BCUT2D eigenvalue weighted by Crippen LogP contribution is -2.59. The summed E-state index contributed by atoms with van der Waals surface area (Å²) in [5, 5.41) is 81.4. The van der Waals surface area contributed by atoms with E-state index in [0.29, 0.717) is 69.5 Å². The highest BCUT2D eigenvalue weighted by Gasteiger charge is 2.58. The molecule has 0 bridgehead atoms. The van der Waals surface area contributed by atoms with Gasteiger partial charge in [0.1, 0.15) is 65.2 Å². The Kier molecular flexibility index (Phi) is 11.4. The van der Waals surface area contributed by atoms with Crippen molar-refractivity contribution in [3.63, 3.8) is 0 Å². The third kappa shape index (κ3) is 7.52. The molecule has 2 saturated carbocycles. The predicted octanol–water partition coefficient (Wildman–Crippen LogP) is 4.86. The number of carbonyl (C=O) groups is 1. The number of aromatic amines is 1. The molecule has 6 aromatic rings. The molecule has 3 fully saturated rings. The Labute approximate surface area is 379 Å². The van der Waals surface area contributed by atoms with Crippen LogP contribution in [0, 0.1) is 24.2 Å². The molecule has 4 aliphatic rings. The van der Waals surface area contributed by atoms with Crippen LogP contribution in [-0.4, -0.2) is 107 Å². The number of benzene rings is 3. The first kappa shape index (κ1) is 44.4. The minimum absolute atomic E-state index is 0.0466. The van der Waals surface area contributed by atoms with Crippen molar-refractivity contribution in [1.29, 1.82) is 0 Å². The molecule has 16 heteroatoms. The van der Waals surface area contributed by atoms with Crippen LogP contribution < -0.4 is 15.5 Å². The zero-order chi connectivity index (χ0) is 46.1. The Morgan fingerprint density at radius 1 is 0.955 bits per heavy atom. The fourth-order valence-electron chi connectivity index (χ4n) is 11.9. The summed E-state index contributed by atoms with van der Waals surface area (Å²) in [6.07, 6.45) is 5.94. The first-order valence-corrected chi connectivity index (χ1v) is 23.0. The second-order valence-corrected chi connectivity index (χ2v) is 19.4. The fraction of sp³-hybridized carbons (Fsp3) is 0.480. The van der Waals surface area contributed by atoms with Gasteiger partial charge >= 0.3 is 0 Å². The van der Waals surface area contributed by atoms with Crippen LogP contribution in [0.1, 0.15) is 74.7 Å². The number of rotatable bonds is 12. The number of aromatic nitrogens is 2. The molecule has 2 spiro atoms. The third-order valence-corrected chi connectivity index (χ3v) is 15.3. The molecular weight excluding hydrogens is 851 g/mol. The van der Waals surface area contributed by atoms with Gasteiger partial charge in [-0.1, -0.05) is 25.3 Å². The molecule has 1 saturated heterocycles. The topological polar surface area (TPSA) is 249 Å². The SMILES string of the molecule is Cc1cc(=O)c2cc3c(c(-n4cc5cc[nH]c5c4)c2o1)OC1(CCCC(C2CNC(=O)C24CCCCC4)C1)C(OOCC(O)(Cc1ccc(O)c2ccc(O)cc12)C(O)C(O)C(O)CO)C3. The van der Waals surface area contributed by atoms with Crippen LogP contribution in [0.25, 0.3) is 38.3 Å². The number of H-pyrrole nitrogens is 1. The first-order valence-electron chi connectivity index (χ1n) is 23.0. The molecule has 8 atom stereocenters. The van der Waals surface area contributed by atoms with Gasteiger partial charge in [0, 0.05) is 60.4 Å². The molecule has 8 unspecified atom stereocenters. The number of fused-ring (bicyclic) bond motifs is 4. The molecule has 5 heterocycles. The number of aliphatic hydroxyl groups excluding tert-OH is 4. The fourth-order valence-corrected chi connectivity index (χ4v) is 11.9. The number of nitrogens with zero attached hydrogens (tertiary/aromatic N) is 1. The number of hydrogen-bond acceptors (Lipinski definition) is 13. The van der Waals surface area contributed by atoms with Crippen molar-refractivity contribution < 1.29 is 59.5 Å². The number of aliphatic hydroxyl groups is 5. The van der Waals surface area contributed by atoms with Gasteiger partial charge in [-0.15, -0.1) is 0 Å². The minimum atomic E-state index is -2.40. The van der Waals surface area contributed by atoms with Crippen LogP contribution >= 0.6 is 0 Å². The van der Waals surface area contributed by atoms with E-state index in [9.17, 15) is 45.3 Å². The molecule has 2 aliphatic heterocycles. The van der Waals surface area contributed by atoms with Gasteiger partial charge in [0.25, 0.3) is 0 Å². The van der Waals surface area contributed by atoms with Crippen molar-refractivity contribution in [1.82, 2.24) is 14.9 Å². The smallest absolute Gasteiger partial charge is 0.226 e. The van der Waals surface area contributed by atoms with E-state index in [1.807, 2.05) is 29.2 Å². The monoisotopic (exact) mass is 907 g/mol. The molecule has 9 N–H and O–H groups in total. The van der Waals surface area contributed by atoms with Crippen LogP contribution in [-0.2, 0) is 27.4 Å². The van der Waals surface area contributed by atoms with Gasteiger partial charge < -0.3 is 59.8 Å². The third-order valence-electron chi connectivity index (χ3n) is 15.3. The average molecular weight is 908 g/mol. The minimum Gasteiger partial charge on any atom is -0.508 e. The van der Waals surface area contributed by atoms with E-state index >= 15 is 0 Å². The van der Waals surface area contributed by atoms with E-state index in [-0.39, 0.29) is 41.1 Å². The number of carbonyl (C=O) groups excluding carboxylic acids is 1. The molecular formula is C50H57N3O13. The number of phenols is 2. The molecule has 1 amide bonds. The Morgan fingerprint density at radius 2 is 1.77 bits per heavy atom. The van der Waals surface area contributed by atoms with E-state index in [0.717, 1.165) is 55.8 Å². The van der Waals surface area contributed by atoms with Gasteiger partial charge in [0.05, 0.1) is 22.9 Å². The lowest BCUT2D eigenvalue weighted by Gasteiger charge is -2.51. The zero-order valence-electron chi connectivity index (χ0n) is 36.7. The summed E-state index contributed by atoms with van der Waals surface area (Å²) in [5.41, 5.74) is -1.42. The van der Waals surface area contributed by atoms with Crippen molar-refractivity contribution in [2.75, 3.05) is 19.8 Å². The van der Waals surface area contributed by atoms with Crippen molar-refractivity contribution >= 4 is 38.6 Å². The van der Waals surface area contributed by atoms with Crippen LogP contribution in [0.5, 0.6) is 17.2 Å². The second-order valence-electron chi connectivity index (χ2n) is 19.4. The van der Waals surface area contributed by atoms with Gasteiger partial charge in [-0.25, -0.2) is 9.78 Å². The summed E-state index contributed by atoms with van der Waals surface area (Å²) in [5.74, 6) is 0.950. The van der Waals surface area contributed by atoms with Gasteiger partial charge in [-0.3, -0.25) is 9.59 Å². The maximum Gasteiger partial charge on any atom is 0.226 e. The molecule has 350 valence electrons. The number of ether oxygens (including phenoxy) is 1. The molecule has 2 aliphatic carbocycles. The maximum absolute atomic E-state index is 13.7. The lowest BCUT2D eigenvalue weighted by atomic mass is 9.59. The Hall–Kier alpha value is -5.46. The predicted molar refractivity (Wildman–Crippen MR) is 241 cm³/mol. The van der Waals surface area contributed by atoms with E-state index in [2.05, 4.69) is 10.3 Å². The maximum atomic E-state index is 13.7. The Balaban J connectivity index is 1.05. The number of amides is 1. The standard InChI is InChI=1S/C50H57N3O13/c1-27-16-39(57)35-17-31-18-41(66-63-26-49(62,46(60)43(59)40(58)25-54)20-28-7-10-38(56)33-9-8-32(55)19-34(28)33)50(65-44(31)42(45(35)64-27)53-23-30-11-15-51-37(30)24-53)14-5-6-29(21-50)36-22-52-47(61)48(36)12-3-2-4-13-48/h7-11,15-17,19,23-24,29,36,40-41,43,46,51,54-56,58-60,62H,2-6,12-14,18,20-22,25-26H2,1H3,(H,52,61). The molecule has 66 heavy (non-hydrogen) atoms. The molecule has 0 radical (unpaired) electrons. The van der Waals surface area contributed by atoms with Crippen LogP contribution in [0.3, 0.4) is 0 Å². The highest BCUT2D eigenvalue weighted by atomic mass is 17.2. The van der Waals surface area contributed by atoms with Gasteiger partial charge in [-0.05, 0) is 105 Å². The summed E-state index contributed by atoms with van der Waals surface area (Å²) in [4.78, 5) is 43.2. The molecule has 3 aromatic carbocycles. The summed E-state index contributed by atoms with van der Waals surface area (Å²) in [6.45, 7) is 0.609. The van der Waals surface area contributed by atoms with Crippen molar-refractivity contribution in [2.24, 2.45) is 17.3 Å². The lowest BCUT2D eigenvalue weighted by molar-refractivity contribution is -0.375. The number of aromatic hydroxyl groups is 2. The Bertz CT molecular complexity index is 2830. The molecule has 10 rings (SSSR count). The molecule has 16 nitrogen and oxygen atoms in total. The van der Waals surface area contributed by atoms with Gasteiger partial charge in [0.15, 0.2) is 16.8 Å². The van der Waals surface area contributed by atoms with Crippen LogP contribution in [0.15, 0.2) is 76.3 Å². The van der Waals surface area contributed by atoms with Gasteiger partial charge in [-0.2, -0.15) is 0 Å². The number of phenolic OH excluding ortho intramolecular Hbond substituents is 2. The normalized spacial score (nSPS) is 25.2. The van der Waals surface area contributed by atoms with E-state index in [1.165, 1.54) is 36.4 Å². The number of aryl methyl sites for hydroxylation is 1. The van der Waals surface area contributed by atoms with Crippen LogP contribution in [0.4, 0.5) is 0 Å². The average Bonchev–Trinajstić information content (AvgIpc) is 4.01. The van der Waals surface area contributed by atoms with Crippen molar-refractivity contribution in [3.8, 4) is 22.9 Å². The quantitative estimate of drug-likeness (QED) is 0.0589. The summed E-state index contributed by atoms with van der Waals surface area (Å²) in [7, 11) is 0. The summed E-state index contributed by atoms with van der Waals surface area (Å²) >= 11 is 0. The first-order chi connectivity index (χ1) is 31.7. The van der Waals surface area contributed by atoms with Crippen molar-refractivity contribution in [2.45, 2.75) is 113 Å². The second kappa shape index (κ2) is 17.0. The highest BCUT2D eigenvalue weighted by molar-refractivity contribution is 5.93. The number of nitrogens with one attached hydrogen (secondary N) is 2. The van der Waals surface area contributed by atoms with Gasteiger partial charge in [0.2, 0.25) is 5.91 Å². The van der Waals surface area contributed by atoms with E-state index < -0.39 is 60.7 Å². The number of hydrogen-bond donors (Lipinski definition) is 9. The highest BCUT2D eigenvalue weighted by Crippen LogP contribution is 2.55. The van der Waals surface area contributed by atoms with Crippen LogP contribution in [0.2, 0.25) is 0 Å².